The number of urea groups is 1. The van der Waals surface area contributed by atoms with Gasteiger partial charge in [0.2, 0.25) is 0 Å². The molecule has 0 saturated heterocycles. The molecule has 110 valence electrons. The SMILES string of the molecule is Cc1ccccc1CCNC(=O)NCc1ccccc1F. The number of halogens is 1. The summed E-state index contributed by atoms with van der Waals surface area (Å²) in [6, 6.07) is 14.2. The number of carbonyl (C=O) groups is 1. The van der Waals surface area contributed by atoms with Gasteiger partial charge in [-0.25, -0.2) is 9.18 Å². The second-order valence-corrected chi connectivity index (χ2v) is 4.88. The number of hydrogen-bond donors (Lipinski definition) is 2. The molecule has 0 aliphatic heterocycles. The van der Waals surface area contributed by atoms with Crippen LogP contribution in [-0.4, -0.2) is 12.6 Å². The Kier molecular flexibility index (Phi) is 5.32. The molecule has 0 saturated carbocycles. The van der Waals surface area contributed by atoms with Gasteiger partial charge in [0.1, 0.15) is 5.82 Å². The van der Waals surface area contributed by atoms with Crippen molar-refractivity contribution in [1.82, 2.24) is 10.6 Å². The van der Waals surface area contributed by atoms with Gasteiger partial charge in [0.05, 0.1) is 0 Å². The van der Waals surface area contributed by atoms with Crippen LogP contribution in [0.3, 0.4) is 0 Å². The predicted molar refractivity (Wildman–Crippen MR) is 81.5 cm³/mol. The molecule has 0 atom stereocenters. The van der Waals surface area contributed by atoms with Crippen molar-refractivity contribution < 1.29 is 9.18 Å². The Bertz CT molecular complexity index is 613. The molecule has 0 aromatic heterocycles. The van der Waals surface area contributed by atoms with Crippen molar-refractivity contribution in [3.8, 4) is 0 Å². The first-order chi connectivity index (χ1) is 10.2. The molecule has 0 aliphatic carbocycles. The lowest BCUT2D eigenvalue weighted by Crippen LogP contribution is -2.36. The molecule has 2 N–H and O–H groups in total. The van der Waals surface area contributed by atoms with Crippen LogP contribution in [0.25, 0.3) is 0 Å². The summed E-state index contributed by atoms with van der Waals surface area (Å²) < 4.78 is 13.4. The smallest absolute Gasteiger partial charge is 0.315 e. The van der Waals surface area contributed by atoms with E-state index in [0.29, 0.717) is 12.1 Å². The van der Waals surface area contributed by atoms with Gasteiger partial charge in [-0.05, 0) is 30.5 Å². The van der Waals surface area contributed by atoms with Crippen LogP contribution in [-0.2, 0) is 13.0 Å². The van der Waals surface area contributed by atoms with Crippen LogP contribution in [0, 0.1) is 12.7 Å². The van der Waals surface area contributed by atoms with E-state index in [1.54, 1.807) is 18.2 Å². The van der Waals surface area contributed by atoms with Gasteiger partial charge in [-0.2, -0.15) is 0 Å². The Hall–Kier alpha value is -2.36. The molecule has 2 amide bonds. The van der Waals surface area contributed by atoms with Crippen molar-refractivity contribution in [3.63, 3.8) is 0 Å². The fourth-order valence-corrected chi connectivity index (χ4v) is 2.08. The van der Waals surface area contributed by atoms with Gasteiger partial charge in [-0.1, -0.05) is 42.5 Å². The molecule has 21 heavy (non-hydrogen) atoms. The Labute approximate surface area is 124 Å². The predicted octanol–water partition coefficient (Wildman–Crippen LogP) is 3.18. The van der Waals surface area contributed by atoms with Gasteiger partial charge in [-0.3, -0.25) is 0 Å². The molecule has 0 unspecified atom stereocenters. The third-order valence-corrected chi connectivity index (χ3v) is 3.34. The van der Waals surface area contributed by atoms with Crippen LogP contribution < -0.4 is 10.6 Å². The van der Waals surface area contributed by atoms with Crippen molar-refractivity contribution in [2.45, 2.75) is 19.9 Å². The molecule has 2 rings (SSSR count). The van der Waals surface area contributed by atoms with Crippen LogP contribution in [0.2, 0.25) is 0 Å². The topological polar surface area (TPSA) is 41.1 Å². The molecular weight excluding hydrogens is 267 g/mol. The molecular formula is C17H19FN2O. The lowest BCUT2D eigenvalue weighted by molar-refractivity contribution is 0.240. The van der Waals surface area contributed by atoms with Crippen molar-refractivity contribution >= 4 is 6.03 Å². The first-order valence-electron chi connectivity index (χ1n) is 6.96. The summed E-state index contributed by atoms with van der Waals surface area (Å²) in [4.78, 5) is 11.7. The van der Waals surface area contributed by atoms with E-state index in [1.165, 1.54) is 17.2 Å². The van der Waals surface area contributed by atoms with Crippen LogP contribution in [0.15, 0.2) is 48.5 Å². The Balaban J connectivity index is 1.73. The molecule has 0 heterocycles. The van der Waals surface area contributed by atoms with E-state index >= 15 is 0 Å². The number of hydrogen-bond acceptors (Lipinski definition) is 1. The fraction of sp³-hybridized carbons (Fsp3) is 0.235. The summed E-state index contributed by atoms with van der Waals surface area (Å²) in [5.41, 5.74) is 2.91. The van der Waals surface area contributed by atoms with Crippen LogP contribution >= 0.6 is 0 Å². The summed E-state index contributed by atoms with van der Waals surface area (Å²) in [6.07, 6.45) is 0.778. The lowest BCUT2D eigenvalue weighted by Gasteiger charge is -2.09. The molecule has 0 radical (unpaired) electrons. The summed E-state index contributed by atoms with van der Waals surface area (Å²) in [7, 11) is 0. The third-order valence-electron chi connectivity index (χ3n) is 3.34. The van der Waals surface area contributed by atoms with E-state index in [1.807, 2.05) is 31.2 Å². The van der Waals surface area contributed by atoms with E-state index in [4.69, 9.17) is 0 Å². The van der Waals surface area contributed by atoms with Crippen LogP contribution in [0.4, 0.5) is 9.18 Å². The Morgan fingerprint density at radius 1 is 1.00 bits per heavy atom. The highest BCUT2D eigenvalue weighted by atomic mass is 19.1. The minimum atomic E-state index is -0.308. The minimum Gasteiger partial charge on any atom is -0.338 e. The van der Waals surface area contributed by atoms with E-state index in [9.17, 15) is 9.18 Å². The molecule has 2 aromatic rings. The zero-order valence-electron chi connectivity index (χ0n) is 12.0. The van der Waals surface area contributed by atoms with Crippen LogP contribution in [0.5, 0.6) is 0 Å². The largest absolute Gasteiger partial charge is 0.338 e. The number of amides is 2. The average Bonchev–Trinajstić information content (AvgIpc) is 2.48. The summed E-state index contributed by atoms with van der Waals surface area (Å²) >= 11 is 0. The molecule has 0 spiro atoms. The fourth-order valence-electron chi connectivity index (χ4n) is 2.08. The maximum absolute atomic E-state index is 13.4. The molecule has 4 heteroatoms. The van der Waals surface area contributed by atoms with Crippen molar-refractivity contribution in [3.05, 3.63) is 71.0 Å². The van der Waals surface area contributed by atoms with Crippen molar-refractivity contribution in [2.75, 3.05) is 6.54 Å². The lowest BCUT2D eigenvalue weighted by atomic mass is 10.1. The van der Waals surface area contributed by atoms with Gasteiger partial charge >= 0.3 is 6.03 Å². The number of aryl methyl sites for hydroxylation is 1. The summed E-state index contributed by atoms with van der Waals surface area (Å²) in [6.45, 7) is 2.78. The highest BCUT2D eigenvalue weighted by Gasteiger charge is 2.04. The minimum absolute atomic E-state index is 0.183. The maximum Gasteiger partial charge on any atom is 0.315 e. The second-order valence-electron chi connectivity index (χ2n) is 4.88. The number of carbonyl (C=O) groups excluding carboxylic acids is 1. The van der Waals surface area contributed by atoms with Gasteiger partial charge in [0.25, 0.3) is 0 Å². The number of nitrogens with one attached hydrogen (secondary N) is 2. The first-order valence-corrected chi connectivity index (χ1v) is 6.96. The molecule has 0 fully saturated rings. The van der Waals surface area contributed by atoms with E-state index in [2.05, 4.69) is 10.6 Å². The Morgan fingerprint density at radius 2 is 1.67 bits per heavy atom. The monoisotopic (exact) mass is 286 g/mol. The third kappa shape index (κ3) is 4.60. The van der Waals surface area contributed by atoms with Gasteiger partial charge in [-0.15, -0.1) is 0 Å². The summed E-state index contributed by atoms with van der Waals surface area (Å²) in [5.74, 6) is -0.308. The average molecular weight is 286 g/mol. The first kappa shape index (κ1) is 15.0. The molecule has 3 nitrogen and oxygen atoms in total. The molecule has 0 bridgehead atoms. The number of rotatable bonds is 5. The highest BCUT2D eigenvalue weighted by Crippen LogP contribution is 2.07. The van der Waals surface area contributed by atoms with Gasteiger partial charge in [0, 0.05) is 18.7 Å². The molecule has 0 aliphatic rings. The zero-order chi connectivity index (χ0) is 15.1. The highest BCUT2D eigenvalue weighted by molar-refractivity contribution is 5.73. The van der Waals surface area contributed by atoms with E-state index in [0.717, 1.165) is 6.42 Å². The zero-order valence-corrected chi connectivity index (χ0v) is 12.0. The Morgan fingerprint density at radius 3 is 2.38 bits per heavy atom. The maximum atomic E-state index is 13.4. The standard InChI is InChI=1S/C17H19FN2O/c1-13-6-2-3-7-14(13)10-11-19-17(21)20-12-15-8-4-5-9-16(15)18/h2-9H,10-12H2,1H3,(H2,19,20,21). The number of benzene rings is 2. The van der Waals surface area contributed by atoms with Gasteiger partial charge < -0.3 is 10.6 Å². The van der Waals surface area contributed by atoms with Gasteiger partial charge in [0.15, 0.2) is 0 Å². The second kappa shape index (κ2) is 7.43. The normalized spacial score (nSPS) is 10.2. The van der Waals surface area contributed by atoms with E-state index < -0.39 is 0 Å². The van der Waals surface area contributed by atoms with Crippen molar-refractivity contribution in [1.29, 1.82) is 0 Å². The summed E-state index contributed by atoms with van der Waals surface area (Å²) in [5, 5.41) is 5.43. The van der Waals surface area contributed by atoms with Crippen LogP contribution in [0.1, 0.15) is 16.7 Å². The molecule has 2 aromatic carbocycles. The quantitative estimate of drug-likeness (QED) is 0.871. The van der Waals surface area contributed by atoms with E-state index in [-0.39, 0.29) is 18.4 Å². The van der Waals surface area contributed by atoms with Crippen molar-refractivity contribution in [2.24, 2.45) is 0 Å².